The first kappa shape index (κ1) is 32.8. The number of fused-ring (bicyclic) bond motifs is 9. The van der Waals surface area contributed by atoms with Gasteiger partial charge in [-0.25, -0.2) is 0 Å². The van der Waals surface area contributed by atoms with Crippen molar-refractivity contribution in [1.29, 1.82) is 0 Å². The van der Waals surface area contributed by atoms with E-state index < -0.39 is 0 Å². The molecule has 4 heteroatoms. The zero-order valence-corrected chi connectivity index (χ0v) is 32.2. The zero-order chi connectivity index (χ0) is 38.2. The Kier molecular flexibility index (Phi) is 7.40. The Labute approximate surface area is 338 Å². The Morgan fingerprint density at radius 2 is 1.00 bits per heavy atom. The molecule has 58 heavy (non-hydrogen) atoms. The van der Waals surface area contributed by atoms with Crippen LogP contribution in [0.3, 0.4) is 0 Å². The largest absolute Gasteiger partial charge is 0.456 e. The van der Waals surface area contributed by atoms with Gasteiger partial charge < -0.3 is 13.9 Å². The third kappa shape index (κ3) is 5.19. The summed E-state index contributed by atoms with van der Waals surface area (Å²) in [6.07, 6.45) is 0. The van der Waals surface area contributed by atoms with Crippen molar-refractivity contribution in [3.63, 3.8) is 0 Å². The molecule has 0 radical (unpaired) electrons. The molecule has 272 valence electrons. The van der Waals surface area contributed by atoms with E-state index in [0.29, 0.717) is 0 Å². The molecule has 0 unspecified atom stereocenters. The van der Waals surface area contributed by atoms with Crippen LogP contribution < -0.4 is 4.90 Å². The van der Waals surface area contributed by atoms with Gasteiger partial charge in [0, 0.05) is 70.0 Å². The summed E-state index contributed by atoms with van der Waals surface area (Å²) in [5.74, 6) is 0. The number of thiophene rings is 1. The maximum absolute atomic E-state index is 6.26. The number of hydrogen-bond acceptors (Lipinski definition) is 3. The van der Waals surface area contributed by atoms with Gasteiger partial charge in [-0.05, 0) is 95.6 Å². The van der Waals surface area contributed by atoms with Gasteiger partial charge in [-0.1, -0.05) is 127 Å². The molecule has 0 saturated heterocycles. The maximum Gasteiger partial charge on any atom is 0.135 e. The SMILES string of the molecule is c1ccc(-c2cccc(N(c3ccc(-c4cc(-n5c6ccccc6c6ccccc65)cc5c4sc4ccccc45)cc3)c3ccc4oc5ccccc5c4c3)c2)cc1. The van der Waals surface area contributed by atoms with Crippen LogP contribution >= 0.6 is 11.3 Å². The summed E-state index contributed by atoms with van der Waals surface area (Å²) < 4.78 is 11.3. The third-order valence-corrected chi connectivity index (χ3v) is 12.8. The minimum atomic E-state index is 0.883. The fourth-order valence-corrected chi connectivity index (χ4v) is 10.1. The molecule has 0 aliphatic heterocycles. The normalized spacial score (nSPS) is 11.8. The molecule has 0 N–H and O–H groups in total. The summed E-state index contributed by atoms with van der Waals surface area (Å²) in [5.41, 5.74) is 13.3. The lowest BCUT2D eigenvalue weighted by atomic mass is 10.0. The summed E-state index contributed by atoms with van der Waals surface area (Å²) in [6.45, 7) is 0. The first-order valence-corrected chi connectivity index (χ1v) is 20.5. The van der Waals surface area contributed by atoms with E-state index in [-0.39, 0.29) is 0 Å². The molecule has 0 aliphatic carbocycles. The summed E-state index contributed by atoms with van der Waals surface area (Å²) in [7, 11) is 0. The second-order valence-corrected chi connectivity index (χ2v) is 16.0. The van der Waals surface area contributed by atoms with Gasteiger partial charge in [-0.3, -0.25) is 0 Å². The Hall–Kier alpha value is -7.40. The zero-order valence-electron chi connectivity index (χ0n) is 31.3. The molecule has 3 aromatic heterocycles. The van der Waals surface area contributed by atoms with Crippen LogP contribution in [0.15, 0.2) is 211 Å². The van der Waals surface area contributed by atoms with Crippen molar-refractivity contribution in [3.05, 3.63) is 206 Å². The first-order valence-electron chi connectivity index (χ1n) is 19.7. The van der Waals surface area contributed by atoms with Crippen molar-refractivity contribution in [1.82, 2.24) is 4.57 Å². The number of hydrogen-bond donors (Lipinski definition) is 0. The number of benzene rings is 9. The van der Waals surface area contributed by atoms with E-state index in [1.165, 1.54) is 64.2 Å². The summed E-state index contributed by atoms with van der Waals surface area (Å²) in [6, 6.07) is 74.5. The van der Waals surface area contributed by atoms with Crippen LogP contribution in [0.1, 0.15) is 0 Å². The van der Waals surface area contributed by atoms with E-state index in [1.807, 2.05) is 23.5 Å². The fraction of sp³-hybridized carbons (Fsp3) is 0. The molecule has 0 fully saturated rings. The molecule has 9 aromatic carbocycles. The lowest BCUT2D eigenvalue weighted by molar-refractivity contribution is 0.669. The number of nitrogens with zero attached hydrogens (tertiary/aromatic N) is 2. The fourth-order valence-electron chi connectivity index (χ4n) is 8.90. The Morgan fingerprint density at radius 3 is 1.79 bits per heavy atom. The molecule has 3 nitrogen and oxygen atoms in total. The van der Waals surface area contributed by atoms with Gasteiger partial charge >= 0.3 is 0 Å². The molecule has 12 rings (SSSR count). The maximum atomic E-state index is 6.26. The summed E-state index contributed by atoms with van der Waals surface area (Å²) >= 11 is 1.87. The Bertz CT molecular complexity index is 3460. The topological polar surface area (TPSA) is 21.3 Å². The number of para-hydroxylation sites is 3. The molecule has 0 bridgehead atoms. The monoisotopic (exact) mass is 758 g/mol. The molecule has 12 aromatic rings. The van der Waals surface area contributed by atoms with Crippen LogP contribution in [0.4, 0.5) is 17.1 Å². The highest BCUT2D eigenvalue weighted by Crippen LogP contribution is 2.45. The van der Waals surface area contributed by atoms with Crippen LogP contribution in [0.5, 0.6) is 0 Å². The highest BCUT2D eigenvalue weighted by atomic mass is 32.1. The van der Waals surface area contributed by atoms with Crippen molar-refractivity contribution < 1.29 is 4.42 Å². The number of anilines is 3. The number of furan rings is 1. The van der Waals surface area contributed by atoms with Crippen LogP contribution in [0, 0.1) is 0 Å². The predicted molar refractivity (Wildman–Crippen MR) is 247 cm³/mol. The van der Waals surface area contributed by atoms with Gasteiger partial charge in [0.1, 0.15) is 11.2 Å². The van der Waals surface area contributed by atoms with Crippen molar-refractivity contribution >= 4 is 92.3 Å². The number of aromatic nitrogens is 1. The van der Waals surface area contributed by atoms with E-state index in [4.69, 9.17) is 4.42 Å². The second-order valence-electron chi connectivity index (χ2n) is 14.9. The molecular weight excluding hydrogens is 725 g/mol. The van der Waals surface area contributed by atoms with E-state index in [2.05, 4.69) is 204 Å². The first-order chi connectivity index (χ1) is 28.7. The van der Waals surface area contributed by atoms with Crippen molar-refractivity contribution in [3.8, 4) is 27.9 Å². The molecule has 0 saturated carbocycles. The quantitative estimate of drug-likeness (QED) is 0.168. The average Bonchev–Trinajstić information content (AvgIpc) is 3.96. The minimum Gasteiger partial charge on any atom is -0.456 e. The number of rotatable bonds is 6. The lowest BCUT2D eigenvalue weighted by Gasteiger charge is -2.26. The van der Waals surface area contributed by atoms with Crippen LogP contribution in [-0.4, -0.2) is 4.57 Å². The minimum absolute atomic E-state index is 0.883. The standard InChI is InChI=1S/C54H34N2OS/c1-2-13-35(14-3-1)37-15-12-16-39(31-37)55(40-29-30-52-47(32-40)44-19-6-10-23-51(44)57-52)38-27-25-36(26-28-38)46-33-41(34-48-45-20-7-11-24-53(45)58-54(46)48)56-49-21-8-4-17-42(49)43-18-5-9-22-50(43)56/h1-34H. The van der Waals surface area contributed by atoms with E-state index in [0.717, 1.165) is 44.7 Å². The van der Waals surface area contributed by atoms with Gasteiger partial charge in [0.25, 0.3) is 0 Å². The van der Waals surface area contributed by atoms with E-state index >= 15 is 0 Å². The van der Waals surface area contributed by atoms with Crippen LogP contribution in [0.2, 0.25) is 0 Å². The van der Waals surface area contributed by atoms with E-state index in [1.54, 1.807) is 0 Å². The molecule has 0 spiro atoms. The Morgan fingerprint density at radius 1 is 0.379 bits per heavy atom. The van der Waals surface area contributed by atoms with Crippen LogP contribution in [-0.2, 0) is 0 Å². The van der Waals surface area contributed by atoms with Crippen LogP contribution in [0.25, 0.3) is 91.9 Å². The molecule has 3 heterocycles. The van der Waals surface area contributed by atoms with E-state index in [9.17, 15) is 0 Å². The average molecular weight is 759 g/mol. The van der Waals surface area contributed by atoms with Crippen molar-refractivity contribution in [2.45, 2.75) is 0 Å². The summed E-state index contributed by atoms with van der Waals surface area (Å²) in [4.78, 5) is 2.36. The molecular formula is C54H34N2OS. The molecule has 0 atom stereocenters. The van der Waals surface area contributed by atoms with Crippen molar-refractivity contribution in [2.24, 2.45) is 0 Å². The van der Waals surface area contributed by atoms with Crippen molar-refractivity contribution in [2.75, 3.05) is 4.90 Å². The molecule has 0 aliphatic rings. The van der Waals surface area contributed by atoms with Gasteiger partial charge in [0.15, 0.2) is 0 Å². The molecule has 0 amide bonds. The van der Waals surface area contributed by atoms with Gasteiger partial charge in [-0.2, -0.15) is 0 Å². The van der Waals surface area contributed by atoms with Gasteiger partial charge in [0.2, 0.25) is 0 Å². The second kappa shape index (κ2) is 13.1. The van der Waals surface area contributed by atoms with Gasteiger partial charge in [-0.15, -0.1) is 11.3 Å². The predicted octanol–water partition coefficient (Wildman–Crippen LogP) is 15.9. The highest BCUT2D eigenvalue weighted by molar-refractivity contribution is 7.26. The highest BCUT2D eigenvalue weighted by Gasteiger charge is 2.20. The third-order valence-electron chi connectivity index (χ3n) is 11.6. The Balaban J connectivity index is 1.05. The van der Waals surface area contributed by atoms with Gasteiger partial charge in [0.05, 0.1) is 11.0 Å². The summed E-state index contributed by atoms with van der Waals surface area (Å²) in [5, 5.41) is 7.30. The smallest absolute Gasteiger partial charge is 0.135 e. The lowest BCUT2D eigenvalue weighted by Crippen LogP contribution is -2.10.